The number of aromatic nitrogens is 2. The van der Waals surface area contributed by atoms with E-state index in [-0.39, 0.29) is 0 Å². The molecule has 4 nitrogen and oxygen atoms in total. The lowest BCUT2D eigenvalue weighted by Gasteiger charge is -1.97. The summed E-state index contributed by atoms with van der Waals surface area (Å²) in [7, 11) is 0. The molecule has 0 saturated heterocycles. The molecule has 0 aliphatic heterocycles. The zero-order valence-electron chi connectivity index (χ0n) is 7.05. The fraction of sp³-hybridized carbons (Fsp3) is 0.111. The third-order valence-corrected chi connectivity index (χ3v) is 1.88. The van der Waals surface area contributed by atoms with E-state index in [9.17, 15) is 9.59 Å². The van der Waals surface area contributed by atoms with Gasteiger partial charge >= 0.3 is 11.1 Å². The van der Waals surface area contributed by atoms with E-state index in [0.29, 0.717) is 11.0 Å². The van der Waals surface area contributed by atoms with Crippen molar-refractivity contribution in [1.82, 2.24) is 9.97 Å². The summed E-state index contributed by atoms with van der Waals surface area (Å²) in [6, 6.07) is 5.45. The maximum atomic E-state index is 10.9. The van der Waals surface area contributed by atoms with Crippen LogP contribution in [0.25, 0.3) is 11.0 Å². The smallest absolute Gasteiger partial charge is 0.314 e. The zero-order valence-corrected chi connectivity index (χ0v) is 7.05. The Balaban J connectivity index is 2.97. The van der Waals surface area contributed by atoms with Crippen molar-refractivity contribution in [2.75, 3.05) is 0 Å². The molecule has 1 heterocycles. The quantitative estimate of drug-likeness (QED) is 0.575. The molecule has 0 saturated carbocycles. The molecule has 13 heavy (non-hydrogen) atoms. The fourth-order valence-corrected chi connectivity index (χ4v) is 1.23. The lowest BCUT2D eigenvalue weighted by molar-refractivity contribution is 1.14. The Labute approximate surface area is 73.2 Å². The van der Waals surface area contributed by atoms with E-state index in [1.165, 1.54) is 0 Å². The first kappa shape index (κ1) is 7.79. The van der Waals surface area contributed by atoms with Crippen LogP contribution in [0, 0.1) is 6.92 Å². The molecule has 0 amide bonds. The molecule has 0 atom stereocenters. The van der Waals surface area contributed by atoms with Crippen molar-refractivity contribution in [2.45, 2.75) is 6.92 Å². The first-order valence-corrected chi connectivity index (χ1v) is 3.90. The number of hydrogen-bond acceptors (Lipinski definition) is 2. The molecule has 1 aromatic heterocycles. The number of nitrogens with one attached hydrogen (secondary N) is 2. The van der Waals surface area contributed by atoms with Crippen LogP contribution in [-0.4, -0.2) is 9.97 Å². The Kier molecular flexibility index (Phi) is 1.55. The number of H-pyrrole nitrogens is 2. The van der Waals surface area contributed by atoms with Gasteiger partial charge in [-0.2, -0.15) is 0 Å². The molecule has 0 radical (unpaired) electrons. The topological polar surface area (TPSA) is 65.7 Å². The van der Waals surface area contributed by atoms with E-state index < -0.39 is 11.1 Å². The highest BCUT2D eigenvalue weighted by molar-refractivity contribution is 5.74. The molecular weight excluding hydrogens is 168 g/mol. The van der Waals surface area contributed by atoms with Crippen molar-refractivity contribution in [2.24, 2.45) is 0 Å². The SMILES string of the molecule is Cc1ccc2[nH]c(=O)c(=O)[nH]c2c1. The summed E-state index contributed by atoms with van der Waals surface area (Å²) in [6.07, 6.45) is 0. The van der Waals surface area contributed by atoms with Crippen LogP contribution < -0.4 is 11.1 Å². The van der Waals surface area contributed by atoms with Crippen LogP contribution in [0.4, 0.5) is 0 Å². The maximum Gasteiger partial charge on any atom is 0.314 e. The molecule has 0 bridgehead atoms. The van der Waals surface area contributed by atoms with Crippen molar-refractivity contribution >= 4 is 11.0 Å². The fourth-order valence-electron chi connectivity index (χ4n) is 1.23. The van der Waals surface area contributed by atoms with E-state index in [1.54, 1.807) is 6.07 Å². The highest BCUT2D eigenvalue weighted by Gasteiger charge is 1.97. The average molecular weight is 176 g/mol. The summed E-state index contributed by atoms with van der Waals surface area (Å²) in [5.41, 5.74) is 1.12. The average Bonchev–Trinajstić information content (AvgIpc) is 2.08. The Hall–Kier alpha value is -1.84. The Morgan fingerprint density at radius 1 is 1.00 bits per heavy atom. The normalized spacial score (nSPS) is 10.5. The van der Waals surface area contributed by atoms with Crippen molar-refractivity contribution in [3.05, 3.63) is 44.5 Å². The number of rotatable bonds is 0. The number of aromatic amines is 2. The Bertz CT molecular complexity index is 566. The molecule has 4 heteroatoms. The number of hydrogen-bond donors (Lipinski definition) is 2. The van der Waals surface area contributed by atoms with Gasteiger partial charge in [-0.3, -0.25) is 9.59 Å². The van der Waals surface area contributed by atoms with Gasteiger partial charge in [-0.15, -0.1) is 0 Å². The van der Waals surface area contributed by atoms with Crippen LogP contribution >= 0.6 is 0 Å². The lowest BCUT2D eigenvalue weighted by atomic mass is 10.2. The van der Waals surface area contributed by atoms with E-state index in [0.717, 1.165) is 5.56 Å². The van der Waals surface area contributed by atoms with E-state index >= 15 is 0 Å². The van der Waals surface area contributed by atoms with Crippen LogP contribution in [0.5, 0.6) is 0 Å². The van der Waals surface area contributed by atoms with Crippen LogP contribution in [0.15, 0.2) is 27.8 Å². The molecule has 66 valence electrons. The summed E-state index contributed by atoms with van der Waals surface area (Å²) < 4.78 is 0. The highest BCUT2D eigenvalue weighted by Crippen LogP contribution is 2.07. The second-order valence-electron chi connectivity index (χ2n) is 2.96. The lowest BCUT2D eigenvalue weighted by Crippen LogP contribution is -2.28. The minimum atomic E-state index is -0.614. The summed E-state index contributed by atoms with van der Waals surface area (Å²) >= 11 is 0. The second-order valence-corrected chi connectivity index (χ2v) is 2.96. The molecule has 0 spiro atoms. The van der Waals surface area contributed by atoms with Gasteiger partial charge in [0.05, 0.1) is 11.0 Å². The standard InChI is InChI=1S/C9H8N2O2/c1-5-2-3-6-7(4-5)11-9(13)8(12)10-6/h2-4H,1H3,(H,10,12)(H,11,13). The Morgan fingerprint density at radius 3 is 2.31 bits per heavy atom. The van der Waals surface area contributed by atoms with Gasteiger partial charge in [0.2, 0.25) is 0 Å². The van der Waals surface area contributed by atoms with Crippen molar-refractivity contribution in [3.63, 3.8) is 0 Å². The van der Waals surface area contributed by atoms with Gasteiger partial charge in [-0.1, -0.05) is 6.07 Å². The first-order valence-electron chi connectivity index (χ1n) is 3.90. The predicted molar refractivity (Wildman–Crippen MR) is 49.9 cm³/mol. The molecule has 2 N–H and O–H groups in total. The molecule has 0 unspecified atom stereocenters. The minimum Gasteiger partial charge on any atom is -0.316 e. The van der Waals surface area contributed by atoms with E-state index in [4.69, 9.17) is 0 Å². The third-order valence-electron chi connectivity index (χ3n) is 1.88. The Morgan fingerprint density at radius 2 is 1.62 bits per heavy atom. The van der Waals surface area contributed by atoms with Crippen LogP contribution in [0.1, 0.15) is 5.56 Å². The summed E-state index contributed by atoms with van der Waals surface area (Å²) in [6.45, 7) is 1.92. The van der Waals surface area contributed by atoms with Gasteiger partial charge in [-0.05, 0) is 24.6 Å². The molecular formula is C9H8N2O2. The molecule has 0 fully saturated rings. The van der Waals surface area contributed by atoms with Gasteiger partial charge in [-0.25, -0.2) is 0 Å². The molecule has 1 aromatic carbocycles. The van der Waals surface area contributed by atoms with Crippen LogP contribution in [0.3, 0.4) is 0 Å². The highest BCUT2D eigenvalue weighted by atomic mass is 16.2. The van der Waals surface area contributed by atoms with Crippen molar-refractivity contribution in [3.8, 4) is 0 Å². The van der Waals surface area contributed by atoms with Crippen molar-refractivity contribution in [1.29, 1.82) is 0 Å². The largest absolute Gasteiger partial charge is 0.316 e. The molecule has 2 aromatic rings. The first-order chi connectivity index (χ1) is 6.16. The zero-order chi connectivity index (χ0) is 9.42. The van der Waals surface area contributed by atoms with Crippen molar-refractivity contribution < 1.29 is 0 Å². The van der Waals surface area contributed by atoms with Crippen LogP contribution in [0.2, 0.25) is 0 Å². The van der Waals surface area contributed by atoms with E-state index in [1.807, 2.05) is 19.1 Å². The number of benzene rings is 1. The van der Waals surface area contributed by atoms with Crippen LogP contribution in [-0.2, 0) is 0 Å². The second kappa shape index (κ2) is 2.58. The third kappa shape index (κ3) is 1.26. The predicted octanol–water partition coefficient (Wildman–Crippen LogP) is 0.525. The van der Waals surface area contributed by atoms with Gasteiger partial charge in [0.25, 0.3) is 0 Å². The number of fused-ring (bicyclic) bond motifs is 1. The summed E-state index contributed by atoms with van der Waals surface area (Å²) in [4.78, 5) is 26.8. The van der Waals surface area contributed by atoms with E-state index in [2.05, 4.69) is 9.97 Å². The van der Waals surface area contributed by atoms with Gasteiger partial charge in [0, 0.05) is 0 Å². The van der Waals surface area contributed by atoms with Gasteiger partial charge in [0.15, 0.2) is 0 Å². The number of aryl methyl sites for hydroxylation is 1. The van der Waals surface area contributed by atoms with Gasteiger partial charge < -0.3 is 9.97 Å². The molecule has 0 aliphatic rings. The summed E-state index contributed by atoms with van der Waals surface area (Å²) in [5.74, 6) is 0. The van der Waals surface area contributed by atoms with Gasteiger partial charge in [0.1, 0.15) is 0 Å². The maximum absolute atomic E-state index is 10.9. The monoisotopic (exact) mass is 176 g/mol. The molecule has 2 rings (SSSR count). The molecule has 0 aliphatic carbocycles. The minimum absolute atomic E-state index is 0.613. The summed E-state index contributed by atoms with van der Waals surface area (Å²) in [5, 5.41) is 0.